The Hall–Kier alpha value is -2.43. The fraction of sp³-hybridized carbons (Fsp3) is 0.154. The van der Waals surface area contributed by atoms with Gasteiger partial charge in [0.05, 0.1) is 11.2 Å². The molecule has 2 heterocycles. The summed E-state index contributed by atoms with van der Waals surface area (Å²) < 4.78 is 3.53. The largest absolute Gasteiger partial charge is 0.506 e. The van der Waals surface area contributed by atoms with Gasteiger partial charge in [0.15, 0.2) is 0 Å². The van der Waals surface area contributed by atoms with E-state index in [2.05, 4.69) is 5.10 Å². The second kappa shape index (κ2) is 3.53. The maximum atomic E-state index is 9.90. The van der Waals surface area contributed by atoms with Crippen molar-refractivity contribution in [3.63, 3.8) is 0 Å². The zero-order valence-electron chi connectivity index (χ0n) is 10.3. The third-order valence-electron chi connectivity index (χ3n) is 3.17. The van der Waals surface area contributed by atoms with E-state index in [1.807, 2.05) is 36.0 Å². The normalized spacial score (nSPS) is 11.2. The number of fused-ring (bicyclic) bond motifs is 1. The number of aromatic nitrogens is 3. The summed E-state index contributed by atoms with van der Waals surface area (Å²) in [6, 6.07) is 7.31. The maximum absolute atomic E-state index is 9.90. The smallest absolute Gasteiger partial charge is 0.139 e. The second-order valence-corrected chi connectivity index (χ2v) is 4.41. The summed E-state index contributed by atoms with van der Waals surface area (Å²) in [6.07, 6.45) is 1.95. The lowest BCUT2D eigenvalue weighted by atomic mass is 10.1. The van der Waals surface area contributed by atoms with Crippen LogP contribution in [0.5, 0.6) is 5.75 Å². The summed E-state index contributed by atoms with van der Waals surface area (Å²) in [5, 5.41) is 15.2. The van der Waals surface area contributed by atoms with Crippen LogP contribution in [0.1, 0.15) is 0 Å². The fourth-order valence-corrected chi connectivity index (χ4v) is 2.26. The third kappa shape index (κ3) is 1.37. The van der Waals surface area contributed by atoms with Crippen molar-refractivity contribution in [2.24, 2.45) is 14.1 Å². The molecule has 0 radical (unpaired) electrons. The molecule has 0 atom stereocenters. The van der Waals surface area contributed by atoms with Gasteiger partial charge in [-0.05, 0) is 6.07 Å². The van der Waals surface area contributed by atoms with Gasteiger partial charge in [-0.25, -0.2) is 0 Å². The van der Waals surface area contributed by atoms with Gasteiger partial charge >= 0.3 is 0 Å². The van der Waals surface area contributed by atoms with Crippen molar-refractivity contribution in [2.45, 2.75) is 0 Å². The fourth-order valence-electron chi connectivity index (χ4n) is 2.26. The van der Waals surface area contributed by atoms with Crippen LogP contribution in [0.4, 0.5) is 5.82 Å². The minimum Gasteiger partial charge on any atom is -0.506 e. The molecule has 0 bridgehead atoms. The number of nitrogens with zero attached hydrogens (tertiary/aromatic N) is 3. The Labute approximate surface area is 104 Å². The van der Waals surface area contributed by atoms with Crippen LogP contribution in [0, 0.1) is 0 Å². The zero-order chi connectivity index (χ0) is 12.9. The van der Waals surface area contributed by atoms with Crippen molar-refractivity contribution < 1.29 is 5.11 Å². The SMILES string of the molecule is Cn1nc(-c2cn(C)c3c(O)cccc23)cc1N. The highest BCUT2D eigenvalue weighted by atomic mass is 16.3. The van der Waals surface area contributed by atoms with Gasteiger partial charge in [0.25, 0.3) is 0 Å². The van der Waals surface area contributed by atoms with Crippen LogP contribution in [0.25, 0.3) is 22.2 Å². The number of nitrogens with two attached hydrogens (primary N) is 1. The van der Waals surface area contributed by atoms with Crippen LogP contribution in [0.3, 0.4) is 0 Å². The Morgan fingerprint density at radius 2 is 2.06 bits per heavy atom. The average Bonchev–Trinajstić information content (AvgIpc) is 2.82. The number of para-hydroxylation sites is 1. The predicted octanol–water partition coefficient (Wildman–Crippen LogP) is 1.87. The third-order valence-corrected chi connectivity index (χ3v) is 3.17. The molecule has 0 amide bonds. The van der Waals surface area contributed by atoms with Crippen LogP contribution in [0.2, 0.25) is 0 Å². The number of hydrogen-bond acceptors (Lipinski definition) is 3. The molecule has 0 saturated heterocycles. The highest BCUT2D eigenvalue weighted by Crippen LogP contribution is 2.34. The number of anilines is 1. The molecule has 1 aromatic carbocycles. The number of aryl methyl sites for hydroxylation is 2. The Morgan fingerprint density at radius 3 is 2.72 bits per heavy atom. The topological polar surface area (TPSA) is 69.0 Å². The predicted molar refractivity (Wildman–Crippen MR) is 71.2 cm³/mol. The number of hydrogen-bond donors (Lipinski definition) is 2. The highest BCUT2D eigenvalue weighted by molar-refractivity contribution is 5.98. The van der Waals surface area contributed by atoms with E-state index in [1.165, 1.54) is 0 Å². The molecule has 0 spiro atoms. The standard InChI is InChI=1S/C13H14N4O/c1-16-7-9(10-6-12(14)17(2)15-10)8-4-3-5-11(18)13(8)16/h3-7,18H,14H2,1-2H3. The number of phenols is 1. The molecule has 92 valence electrons. The van der Waals surface area contributed by atoms with E-state index < -0.39 is 0 Å². The molecule has 5 heteroatoms. The van der Waals surface area contributed by atoms with E-state index in [9.17, 15) is 5.11 Å². The molecule has 3 aromatic rings. The van der Waals surface area contributed by atoms with Gasteiger partial charge < -0.3 is 15.4 Å². The lowest BCUT2D eigenvalue weighted by Gasteiger charge is -1.98. The molecule has 2 aromatic heterocycles. The van der Waals surface area contributed by atoms with Crippen LogP contribution in [-0.4, -0.2) is 19.5 Å². The molecular formula is C13H14N4O. The van der Waals surface area contributed by atoms with E-state index in [4.69, 9.17) is 5.73 Å². The first-order chi connectivity index (χ1) is 8.58. The molecular weight excluding hydrogens is 228 g/mol. The first-order valence-electron chi connectivity index (χ1n) is 5.65. The van der Waals surface area contributed by atoms with Crippen LogP contribution >= 0.6 is 0 Å². The minimum atomic E-state index is 0.269. The van der Waals surface area contributed by atoms with Crippen molar-refractivity contribution in [3.8, 4) is 17.0 Å². The van der Waals surface area contributed by atoms with Crippen molar-refractivity contribution in [1.82, 2.24) is 14.3 Å². The summed E-state index contributed by atoms with van der Waals surface area (Å²) in [5.41, 5.74) is 8.39. The summed E-state index contributed by atoms with van der Waals surface area (Å²) in [4.78, 5) is 0. The Kier molecular flexibility index (Phi) is 2.10. The molecule has 3 N–H and O–H groups in total. The molecule has 3 rings (SSSR count). The van der Waals surface area contributed by atoms with Crippen molar-refractivity contribution in [1.29, 1.82) is 0 Å². The van der Waals surface area contributed by atoms with E-state index >= 15 is 0 Å². The molecule has 0 aliphatic heterocycles. The van der Waals surface area contributed by atoms with Crippen molar-refractivity contribution >= 4 is 16.7 Å². The first kappa shape index (κ1) is 10.7. The monoisotopic (exact) mass is 242 g/mol. The first-order valence-corrected chi connectivity index (χ1v) is 5.65. The molecule has 18 heavy (non-hydrogen) atoms. The number of benzene rings is 1. The van der Waals surface area contributed by atoms with E-state index in [0.29, 0.717) is 5.82 Å². The Bertz CT molecular complexity index is 719. The van der Waals surface area contributed by atoms with Crippen LogP contribution in [0.15, 0.2) is 30.5 Å². The minimum absolute atomic E-state index is 0.269. The zero-order valence-corrected chi connectivity index (χ0v) is 10.3. The summed E-state index contributed by atoms with van der Waals surface area (Å²) in [5.74, 6) is 0.882. The lowest BCUT2D eigenvalue weighted by molar-refractivity contribution is 0.479. The van der Waals surface area contributed by atoms with E-state index in [1.54, 1.807) is 17.8 Å². The Balaban J connectivity index is 2.33. The highest BCUT2D eigenvalue weighted by Gasteiger charge is 2.14. The summed E-state index contributed by atoms with van der Waals surface area (Å²) >= 11 is 0. The number of aromatic hydroxyl groups is 1. The summed E-state index contributed by atoms with van der Waals surface area (Å²) in [7, 11) is 3.71. The van der Waals surface area contributed by atoms with Crippen LogP contribution in [-0.2, 0) is 14.1 Å². The van der Waals surface area contributed by atoms with Gasteiger partial charge in [-0.2, -0.15) is 5.10 Å². The molecule has 0 fully saturated rings. The van der Waals surface area contributed by atoms with E-state index in [-0.39, 0.29) is 5.75 Å². The van der Waals surface area contributed by atoms with Gasteiger partial charge in [0, 0.05) is 37.3 Å². The van der Waals surface area contributed by atoms with Crippen molar-refractivity contribution in [3.05, 3.63) is 30.5 Å². The average molecular weight is 242 g/mol. The number of phenolic OH excluding ortho intramolecular Hbond substituents is 1. The molecule has 5 nitrogen and oxygen atoms in total. The quantitative estimate of drug-likeness (QED) is 0.684. The maximum Gasteiger partial charge on any atom is 0.139 e. The van der Waals surface area contributed by atoms with Crippen molar-refractivity contribution in [2.75, 3.05) is 5.73 Å². The van der Waals surface area contributed by atoms with Gasteiger partial charge in [-0.15, -0.1) is 0 Å². The van der Waals surface area contributed by atoms with Gasteiger partial charge in [0.1, 0.15) is 11.6 Å². The Morgan fingerprint density at radius 1 is 1.28 bits per heavy atom. The summed E-state index contributed by atoms with van der Waals surface area (Å²) in [6.45, 7) is 0. The van der Waals surface area contributed by atoms with E-state index in [0.717, 1.165) is 22.2 Å². The second-order valence-electron chi connectivity index (χ2n) is 4.41. The van der Waals surface area contributed by atoms with Crippen LogP contribution < -0.4 is 5.73 Å². The number of rotatable bonds is 1. The molecule has 0 unspecified atom stereocenters. The molecule has 0 saturated carbocycles. The lowest BCUT2D eigenvalue weighted by Crippen LogP contribution is -1.96. The van der Waals surface area contributed by atoms with Gasteiger partial charge in [0.2, 0.25) is 0 Å². The molecule has 0 aliphatic rings. The molecule has 0 aliphatic carbocycles. The van der Waals surface area contributed by atoms with Gasteiger partial charge in [-0.1, -0.05) is 12.1 Å². The number of nitrogen functional groups attached to an aromatic ring is 1. The van der Waals surface area contributed by atoms with Gasteiger partial charge in [-0.3, -0.25) is 4.68 Å².